The maximum atomic E-state index is 13.4. The van der Waals surface area contributed by atoms with Gasteiger partial charge in [-0.25, -0.2) is 13.8 Å². The van der Waals surface area contributed by atoms with E-state index in [1.807, 2.05) is 12.1 Å². The lowest BCUT2D eigenvalue weighted by molar-refractivity contribution is -0.116. The summed E-state index contributed by atoms with van der Waals surface area (Å²) in [5, 5.41) is 3.94. The number of amides is 2. The van der Waals surface area contributed by atoms with E-state index in [2.05, 4.69) is 10.3 Å². The van der Waals surface area contributed by atoms with Crippen molar-refractivity contribution in [2.24, 2.45) is 0 Å². The molecule has 1 aliphatic heterocycles. The molecule has 0 radical (unpaired) electrons. The minimum absolute atomic E-state index is 0.0412. The predicted octanol–water partition coefficient (Wildman–Crippen LogP) is 5.93. The first kappa shape index (κ1) is 26.4. The molecule has 39 heavy (non-hydrogen) atoms. The normalized spacial score (nSPS) is 15.1. The van der Waals surface area contributed by atoms with E-state index in [1.54, 1.807) is 54.7 Å². The van der Waals surface area contributed by atoms with Gasteiger partial charge in [-0.1, -0.05) is 23.7 Å². The number of hydrogen-bond acceptors (Lipinski definition) is 5. The Bertz CT molecular complexity index is 1540. The van der Waals surface area contributed by atoms with Crippen molar-refractivity contribution in [3.63, 3.8) is 0 Å². The van der Waals surface area contributed by atoms with Gasteiger partial charge in [-0.15, -0.1) is 0 Å². The summed E-state index contributed by atoms with van der Waals surface area (Å²) in [6.45, 7) is 0.252. The van der Waals surface area contributed by atoms with Crippen molar-refractivity contribution in [2.75, 3.05) is 18.8 Å². The molecule has 3 heterocycles. The fraction of sp³-hybridized carbons (Fsp3) is 0.207. The van der Waals surface area contributed by atoms with Crippen LogP contribution in [-0.2, 0) is 11.3 Å². The number of carbonyl (C=O) groups is 2. The van der Waals surface area contributed by atoms with Crippen molar-refractivity contribution in [1.29, 1.82) is 0 Å². The second-order valence-corrected chi connectivity index (χ2v) is 9.79. The van der Waals surface area contributed by atoms with Crippen LogP contribution in [0, 0.1) is 0 Å². The van der Waals surface area contributed by atoms with Gasteiger partial charge in [-0.3, -0.25) is 9.59 Å². The highest BCUT2D eigenvalue weighted by atomic mass is 35.5. The number of aromatic nitrogens is 1. The van der Waals surface area contributed by atoms with Crippen LogP contribution in [0.1, 0.15) is 34.5 Å². The standard InChI is InChI=1S/C29H25ClF2N4O3/c30-24-15-21(19-3-5-20(6-4-19)28(38)36-11-9-29(31,32)10-12-36)13-22-14-23(39-27(22)24)17-35-26(37)8-2-18-1-7-25(33)34-16-18/h1-8,13-16H,9-12,17H2,(H2,33,34)(H,35,37). The molecule has 2 amide bonds. The van der Waals surface area contributed by atoms with Crippen molar-refractivity contribution in [3.05, 3.63) is 88.8 Å². The summed E-state index contributed by atoms with van der Waals surface area (Å²) in [4.78, 5) is 30.4. The van der Waals surface area contributed by atoms with E-state index in [1.165, 1.54) is 11.0 Å². The van der Waals surface area contributed by atoms with Crippen LogP contribution in [0.4, 0.5) is 14.6 Å². The van der Waals surface area contributed by atoms with Crippen molar-refractivity contribution in [2.45, 2.75) is 25.3 Å². The number of piperidine rings is 1. The van der Waals surface area contributed by atoms with Crippen molar-refractivity contribution < 1.29 is 22.8 Å². The molecule has 2 aromatic carbocycles. The van der Waals surface area contributed by atoms with Gasteiger partial charge in [0.2, 0.25) is 5.91 Å². The fourth-order valence-corrected chi connectivity index (χ4v) is 4.63. The molecule has 1 saturated heterocycles. The van der Waals surface area contributed by atoms with E-state index in [9.17, 15) is 18.4 Å². The number of carbonyl (C=O) groups excluding carboxylic acids is 2. The number of furan rings is 1. The van der Waals surface area contributed by atoms with E-state index in [-0.39, 0.29) is 44.3 Å². The summed E-state index contributed by atoms with van der Waals surface area (Å²) >= 11 is 6.49. The third-order valence-electron chi connectivity index (χ3n) is 6.54. The lowest BCUT2D eigenvalue weighted by atomic mass is 10.0. The number of benzene rings is 2. The zero-order valence-electron chi connectivity index (χ0n) is 20.8. The molecule has 1 fully saturated rings. The Morgan fingerprint density at radius 1 is 1.08 bits per heavy atom. The molecule has 0 saturated carbocycles. The highest BCUT2D eigenvalue weighted by Crippen LogP contribution is 2.33. The van der Waals surface area contributed by atoms with Crippen LogP contribution in [0.15, 0.2) is 71.3 Å². The summed E-state index contributed by atoms with van der Waals surface area (Å²) in [6.07, 6.45) is 3.97. The number of likely N-dealkylation sites (tertiary alicyclic amines) is 1. The van der Waals surface area contributed by atoms with Gasteiger partial charge in [-0.2, -0.15) is 0 Å². The summed E-state index contributed by atoms with van der Waals surface area (Å²) in [7, 11) is 0. The lowest BCUT2D eigenvalue weighted by Crippen LogP contribution is -2.42. The number of rotatable bonds is 6. The Kier molecular flexibility index (Phi) is 7.34. The van der Waals surface area contributed by atoms with Crippen LogP contribution in [0.5, 0.6) is 0 Å². The summed E-state index contributed by atoms with van der Waals surface area (Å²) < 4.78 is 32.7. The van der Waals surface area contributed by atoms with E-state index in [0.717, 1.165) is 22.1 Å². The van der Waals surface area contributed by atoms with Crippen LogP contribution < -0.4 is 11.1 Å². The SMILES string of the molecule is Nc1ccc(C=CC(=O)NCc2cc3cc(-c4ccc(C(=O)N5CCC(F)(F)CC5)cc4)cc(Cl)c3o2)cn1. The molecule has 3 N–H and O–H groups in total. The molecular formula is C29H25ClF2N4O3. The quantitative estimate of drug-likeness (QED) is 0.290. The molecule has 0 unspecified atom stereocenters. The molecule has 0 bridgehead atoms. The van der Waals surface area contributed by atoms with Crippen LogP contribution in [0.3, 0.4) is 0 Å². The number of nitrogens with zero attached hydrogens (tertiary/aromatic N) is 2. The number of nitrogens with two attached hydrogens (primary N) is 1. The zero-order chi connectivity index (χ0) is 27.6. The summed E-state index contributed by atoms with van der Waals surface area (Å²) in [6, 6.07) is 15.9. The van der Waals surface area contributed by atoms with Crippen molar-refractivity contribution in [1.82, 2.24) is 15.2 Å². The zero-order valence-corrected chi connectivity index (χ0v) is 21.6. The van der Waals surface area contributed by atoms with Crippen LogP contribution in [-0.4, -0.2) is 40.7 Å². The second-order valence-electron chi connectivity index (χ2n) is 9.38. The van der Waals surface area contributed by atoms with Crippen molar-refractivity contribution >= 4 is 46.3 Å². The molecule has 0 spiro atoms. The molecule has 7 nitrogen and oxygen atoms in total. The molecule has 5 rings (SSSR count). The number of halogens is 3. The number of nitrogen functional groups attached to an aromatic ring is 1. The molecule has 0 aliphatic carbocycles. The molecule has 10 heteroatoms. The largest absolute Gasteiger partial charge is 0.458 e. The first-order valence-electron chi connectivity index (χ1n) is 12.3. The van der Waals surface area contributed by atoms with Gasteiger partial charge in [0.15, 0.2) is 5.58 Å². The third-order valence-corrected chi connectivity index (χ3v) is 6.82. The van der Waals surface area contributed by atoms with E-state index in [4.69, 9.17) is 21.8 Å². The van der Waals surface area contributed by atoms with Gasteiger partial charge in [0.25, 0.3) is 11.8 Å². The molecule has 4 aromatic rings. The second kappa shape index (κ2) is 10.9. The molecular weight excluding hydrogens is 526 g/mol. The number of anilines is 1. The number of hydrogen-bond donors (Lipinski definition) is 2. The topological polar surface area (TPSA) is 101 Å². The van der Waals surface area contributed by atoms with Gasteiger partial charge in [-0.05, 0) is 65.2 Å². The van der Waals surface area contributed by atoms with E-state index in [0.29, 0.717) is 27.7 Å². The summed E-state index contributed by atoms with van der Waals surface area (Å²) in [5.41, 5.74) is 8.91. The minimum Gasteiger partial charge on any atom is -0.458 e. The minimum atomic E-state index is -2.70. The first-order valence-corrected chi connectivity index (χ1v) is 12.7. The molecule has 2 aromatic heterocycles. The number of nitrogens with one attached hydrogen (secondary N) is 1. The van der Waals surface area contributed by atoms with Crippen molar-refractivity contribution in [3.8, 4) is 11.1 Å². The summed E-state index contributed by atoms with van der Waals surface area (Å²) in [5.74, 6) is -2.32. The van der Waals surface area contributed by atoms with E-state index < -0.39 is 5.92 Å². The Morgan fingerprint density at radius 2 is 1.82 bits per heavy atom. The van der Waals surface area contributed by atoms with Gasteiger partial charge >= 0.3 is 0 Å². The molecule has 1 aliphatic rings. The van der Waals surface area contributed by atoms with E-state index >= 15 is 0 Å². The lowest BCUT2D eigenvalue weighted by Gasteiger charge is -2.31. The molecule has 0 atom stereocenters. The average molecular weight is 551 g/mol. The Hall–Kier alpha value is -4.24. The van der Waals surface area contributed by atoms with Gasteiger partial charge in [0, 0.05) is 49.2 Å². The maximum absolute atomic E-state index is 13.4. The molecule has 200 valence electrons. The monoisotopic (exact) mass is 550 g/mol. The number of fused-ring (bicyclic) bond motifs is 1. The van der Waals surface area contributed by atoms with Crippen LogP contribution >= 0.6 is 11.6 Å². The Morgan fingerprint density at radius 3 is 2.51 bits per heavy atom. The van der Waals surface area contributed by atoms with Crippen LogP contribution in [0.25, 0.3) is 28.2 Å². The smallest absolute Gasteiger partial charge is 0.253 e. The van der Waals surface area contributed by atoms with Gasteiger partial charge in [0.1, 0.15) is 11.6 Å². The maximum Gasteiger partial charge on any atom is 0.253 e. The Labute approximate surface area is 228 Å². The first-order chi connectivity index (χ1) is 18.7. The highest BCUT2D eigenvalue weighted by molar-refractivity contribution is 6.35. The highest BCUT2D eigenvalue weighted by Gasteiger charge is 2.35. The predicted molar refractivity (Wildman–Crippen MR) is 146 cm³/mol. The third kappa shape index (κ3) is 6.26. The van der Waals surface area contributed by atoms with Gasteiger partial charge < -0.3 is 20.4 Å². The fourth-order valence-electron chi connectivity index (χ4n) is 4.36. The number of alkyl halides is 2. The van der Waals surface area contributed by atoms with Crippen LogP contribution in [0.2, 0.25) is 5.02 Å². The Balaban J connectivity index is 1.24. The number of pyridine rings is 1. The van der Waals surface area contributed by atoms with Gasteiger partial charge in [0.05, 0.1) is 11.6 Å². The average Bonchev–Trinajstić information content (AvgIpc) is 3.35.